The van der Waals surface area contributed by atoms with Crippen LogP contribution < -0.4 is 10.2 Å². The van der Waals surface area contributed by atoms with Crippen molar-refractivity contribution in [2.24, 2.45) is 5.92 Å². The quantitative estimate of drug-likeness (QED) is 0.765. The Morgan fingerprint density at radius 3 is 2.26 bits per heavy atom. The summed E-state index contributed by atoms with van der Waals surface area (Å²) in [7, 11) is 0. The van der Waals surface area contributed by atoms with E-state index in [2.05, 4.69) is 5.32 Å². The van der Waals surface area contributed by atoms with E-state index >= 15 is 0 Å². The molecule has 1 heterocycles. The summed E-state index contributed by atoms with van der Waals surface area (Å²) >= 11 is 0. The van der Waals surface area contributed by atoms with Crippen molar-refractivity contribution in [3.63, 3.8) is 0 Å². The van der Waals surface area contributed by atoms with Crippen molar-refractivity contribution in [1.82, 2.24) is 0 Å². The molecule has 0 saturated carbocycles. The lowest BCUT2D eigenvalue weighted by Gasteiger charge is -2.27. The minimum atomic E-state index is -1.07. The van der Waals surface area contributed by atoms with Crippen LogP contribution >= 0.6 is 0 Å². The van der Waals surface area contributed by atoms with Gasteiger partial charge in [0, 0.05) is 30.4 Å². The summed E-state index contributed by atoms with van der Waals surface area (Å²) < 4.78 is 40.7. The van der Waals surface area contributed by atoms with Gasteiger partial charge < -0.3 is 24.9 Å². The molecule has 0 radical (unpaired) electrons. The lowest BCUT2D eigenvalue weighted by molar-refractivity contribution is -0.0987. The molecular weight excluding hydrogens is 413 g/mol. The molecule has 2 atom stereocenters. The van der Waals surface area contributed by atoms with Crippen LogP contribution in [0.1, 0.15) is 30.1 Å². The number of halogens is 3. The molecular formula is C22H25F3N2O4. The van der Waals surface area contributed by atoms with Crippen LogP contribution in [0.15, 0.2) is 36.4 Å². The van der Waals surface area contributed by atoms with Crippen molar-refractivity contribution in [3.05, 3.63) is 59.4 Å². The van der Waals surface area contributed by atoms with Gasteiger partial charge >= 0.3 is 0 Å². The topological polar surface area (TPSA) is 86.7 Å². The zero-order valence-electron chi connectivity index (χ0n) is 17.1. The van der Waals surface area contributed by atoms with E-state index in [1.807, 2.05) is 20.5 Å². The Morgan fingerprint density at radius 2 is 1.61 bits per heavy atom. The monoisotopic (exact) mass is 438 g/mol. The molecule has 0 aliphatic carbocycles. The minimum Gasteiger partial charge on any atom is -0.391 e. The molecule has 0 bridgehead atoms. The first-order valence-corrected chi connectivity index (χ1v) is 9.40. The number of anilines is 2. The van der Waals surface area contributed by atoms with Gasteiger partial charge in [-0.1, -0.05) is 6.92 Å². The van der Waals surface area contributed by atoms with Gasteiger partial charge in [0.1, 0.15) is 19.4 Å². The van der Waals surface area contributed by atoms with Gasteiger partial charge in [0.05, 0.1) is 11.8 Å². The summed E-state index contributed by atoms with van der Waals surface area (Å²) in [4.78, 5) is 30.2. The molecule has 0 aromatic heterocycles. The zero-order valence-corrected chi connectivity index (χ0v) is 17.1. The fraction of sp³-hybridized carbons (Fsp3) is 0.318. The van der Waals surface area contributed by atoms with Gasteiger partial charge in [0.25, 0.3) is 5.91 Å². The number of aliphatic hydroxyl groups excluding tert-OH is 1. The predicted octanol–water partition coefficient (Wildman–Crippen LogP) is 3.58. The Morgan fingerprint density at radius 1 is 0.968 bits per heavy atom. The minimum absolute atomic E-state index is 0.101. The molecule has 1 aliphatic rings. The maximum Gasteiger partial charge on any atom is 0.255 e. The Hall–Kier alpha value is -3.20. The predicted molar refractivity (Wildman–Crippen MR) is 112 cm³/mol. The van der Waals surface area contributed by atoms with Crippen LogP contribution in [0.3, 0.4) is 0 Å². The molecule has 168 valence electrons. The molecule has 0 spiro atoms. The van der Waals surface area contributed by atoms with Crippen LogP contribution in [0.5, 0.6) is 0 Å². The van der Waals surface area contributed by atoms with Crippen LogP contribution in [-0.4, -0.2) is 43.8 Å². The highest BCUT2D eigenvalue weighted by Gasteiger charge is 2.23. The van der Waals surface area contributed by atoms with E-state index < -0.39 is 29.5 Å². The largest absolute Gasteiger partial charge is 0.391 e. The summed E-state index contributed by atoms with van der Waals surface area (Å²) in [6, 6.07) is 6.97. The molecule has 31 heavy (non-hydrogen) atoms. The van der Waals surface area contributed by atoms with Gasteiger partial charge in [0.2, 0.25) is 0 Å². The van der Waals surface area contributed by atoms with E-state index in [0.717, 1.165) is 18.6 Å². The van der Waals surface area contributed by atoms with E-state index in [0.29, 0.717) is 13.0 Å². The lowest BCUT2D eigenvalue weighted by Crippen LogP contribution is -2.33. The zero-order chi connectivity index (χ0) is 23.6. The van der Waals surface area contributed by atoms with Crippen molar-refractivity contribution >= 4 is 30.9 Å². The Labute approximate surface area is 178 Å². The number of benzene rings is 2. The number of β-amino-alcohol motifs (C(OH)–C–C–N with tert-alkyl or cyclic N) is 1. The number of aliphatic hydroxyl groups is 1. The molecule has 1 aliphatic heterocycles. The van der Waals surface area contributed by atoms with E-state index in [4.69, 9.17) is 9.59 Å². The summed E-state index contributed by atoms with van der Waals surface area (Å²) in [5.74, 6) is -2.85. The number of carbonyl (C=O) groups is 3. The number of amides is 1. The Bertz CT molecular complexity index is 868. The van der Waals surface area contributed by atoms with Crippen LogP contribution in [0.4, 0.5) is 24.5 Å². The third-order valence-corrected chi connectivity index (χ3v) is 4.68. The highest BCUT2D eigenvalue weighted by molar-refractivity contribution is 6.04. The van der Waals surface area contributed by atoms with Gasteiger partial charge in [-0.25, -0.2) is 13.2 Å². The second kappa shape index (κ2) is 12.5. The highest BCUT2D eigenvalue weighted by Crippen LogP contribution is 2.27. The fourth-order valence-corrected chi connectivity index (χ4v) is 3.23. The molecule has 1 saturated heterocycles. The maximum absolute atomic E-state index is 14.4. The van der Waals surface area contributed by atoms with Gasteiger partial charge in [0.15, 0.2) is 11.6 Å². The number of hydrogen-bond acceptors (Lipinski definition) is 5. The Balaban J connectivity index is 0.00000113. The smallest absolute Gasteiger partial charge is 0.255 e. The summed E-state index contributed by atoms with van der Waals surface area (Å²) in [6.07, 6.45) is 0.930. The molecule has 2 aromatic rings. The third kappa shape index (κ3) is 7.21. The van der Waals surface area contributed by atoms with Crippen molar-refractivity contribution < 1.29 is 32.7 Å². The van der Waals surface area contributed by atoms with Gasteiger partial charge in [-0.2, -0.15) is 0 Å². The van der Waals surface area contributed by atoms with Gasteiger partial charge in [-0.05, 0) is 49.1 Å². The summed E-state index contributed by atoms with van der Waals surface area (Å²) in [6.45, 7) is 6.89. The van der Waals surface area contributed by atoms with Crippen LogP contribution in [0.2, 0.25) is 0 Å². The van der Waals surface area contributed by atoms with E-state index in [1.54, 1.807) is 4.90 Å². The number of carbonyl (C=O) groups excluding carboxylic acids is 3. The SMILES string of the molecule is C=O.C=O.CC1CCC(O)CN(c2cc(C(=O)Nc3ccc(F)c(F)c3)ccc2F)C1. The van der Waals surface area contributed by atoms with Crippen molar-refractivity contribution in [1.29, 1.82) is 0 Å². The normalized spacial score (nSPS) is 17.9. The lowest BCUT2D eigenvalue weighted by atomic mass is 10.1. The first kappa shape index (κ1) is 25.8. The number of rotatable bonds is 3. The Kier molecular flexibility index (Phi) is 10.4. The van der Waals surface area contributed by atoms with Crippen molar-refractivity contribution in [3.8, 4) is 0 Å². The van der Waals surface area contributed by atoms with Crippen molar-refractivity contribution in [2.75, 3.05) is 23.3 Å². The first-order chi connectivity index (χ1) is 14.8. The molecule has 6 nitrogen and oxygen atoms in total. The average molecular weight is 438 g/mol. The molecule has 1 fully saturated rings. The second-order valence-electron chi connectivity index (χ2n) is 6.99. The number of hydrogen-bond donors (Lipinski definition) is 2. The fourth-order valence-electron chi connectivity index (χ4n) is 3.23. The molecule has 9 heteroatoms. The van der Waals surface area contributed by atoms with Crippen molar-refractivity contribution in [2.45, 2.75) is 25.9 Å². The van der Waals surface area contributed by atoms with Gasteiger partial charge in [-0.3, -0.25) is 4.79 Å². The maximum atomic E-state index is 14.4. The van der Waals surface area contributed by atoms with Crippen LogP contribution in [0, 0.1) is 23.4 Å². The molecule has 2 N–H and O–H groups in total. The van der Waals surface area contributed by atoms with Crippen LogP contribution in [0.25, 0.3) is 0 Å². The number of nitrogens with zero attached hydrogens (tertiary/aromatic N) is 1. The second-order valence-corrected chi connectivity index (χ2v) is 6.99. The standard InChI is InChI=1S/C20H21F3N2O2.2CH2O/c1-12-2-5-15(26)11-25(10-12)19-8-13(3-6-17(19)22)20(27)24-14-4-7-16(21)18(23)9-14;2*1-2/h3-4,6-9,12,15,26H,2,5,10-11H2,1H3,(H,24,27);2*1H2. The van der Waals surface area contributed by atoms with E-state index in [9.17, 15) is 23.1 Å². The highest BCUT2D eigenvalue weighted by atomic mass is 19.2. The summed E-state index contributed by atoms with van der Waals surface area (Å²) in [5.41, 5.74) is 0.520. The van der Waals surface area contributed by atoms with Gasteiger partial charge in [-0.15, -0.1) is 0 Å². The average Bonchev–Trinajstić information content (AvgIpc) is 2.94. The van der Waals surface area contributed by atoms with E-state index in [-0.39, 0.29) is 29.4 Å². The first-order valence-electron chi connectivity index (χ1n) is 9.40. The molecule has 2 aromatic carbocycles. The van der Waals surface area contributed by atoms with Crippen LogP contribution in [-0.2, 0) is 9.59 Å². The summed E-state index contributed by atoms with van der Waals surface area (Å²) in [5, 5.41) is 12.5. The number of nitrogens with one attached hydrogen (secondary N) is 1. The van der Waals surface area contributed by atoms with E-state index in [1.165, 1.54) is 24.3 Å². The molecule has 2 unspecified atom stereocenters. The molecule has 1 amide bonds. The third-order valence-electron chi connectivity index (χ3n) is 4.68. The molecule has 3 rings (SSSR count).